The van der Waals surface area contributed by atoms with Gasteiger partial charge in [-0.3, -0.25) is 5.10 Å². The molecule has 0 aliphatic rings. The Balaban J connectivity index is 3.00. The van der Waals surface area contributed by atoms with Crippen LogP contribution in [0.4, 0.5) is 0 Å². The van der Waals surface area contributed by atoms with E-state index < -0.39 is 10.0 Å². The highest BCUT2D eigenvalue weighted by atomic mass is 32.2. The van der Waals surface area contributed by atoms with Crippen LogP contribution in [0.1, 0.15) is 19.4 Å². The number of H-pyrrole nitrogens is 1. The summed E-state index contributed by atoms with van der Waals surface area (Å²) in [6.45, 7) is 4.92. The van der Waals surface area contributed by atoms with Crippen LogP contribution in [0, 0.1) is 5.92 Å². The average molecular weight is 260 g/mol. The van der Waals surface area contributed by atoms with E-state index in [4.69, 9.17) is 0 Å². The molecule has 2 N–H and O–H groups in total. The van der Waals surface area contributed by atoms with E-state index in [9.17, 15) is 8.42 Å². The van der Waals surface area contributed by atoms with Crippen LogP contribution in [-0.4, -0.2) is 43.6 Å². The van der Waals surface area contributed by atoms with Gasteiger partial charge in [0.2, 0.25) is 0 Å². The van der Waals surface area contributed by atoms with Crippen molar-refractivity contribution in [3.63, 3.8) is 0 Å². The molecule has 6 nitrogen and oxygen atoms in total. The first-order valence-corrected chi connectivity index (χ1v) is 6.96. The fraction of sp³-hybridized carbons (Fsp3) is 0.700. The molecule has 0 saturated heterocycles. The number of aromatic amines is 1. The molecule has 17 heavy (non-hydrogen) atoms. The SMILES string of the molecule is CNCc1cn[nH]c1S(=O)(=O)N(C)CC(C)C. The van der Waals surface area contributed by atoms with Gasteiger partial charge < -0.3 is 5.32 Å². The first-order valence-electron chi connectivity index (χ1n) is 5.52. The van der Waals surface area contributed by atoms with Crippen LogP contribution in [0.2, 0.25) is 0 Å². The van der Waals surface area contributed by atoms with Crippen LogP contribution in [-0.2, 0) is 16.6 Å². The predicted molar refractivity (Wildman–Crippen MR) is 66.0 cm³/mol. The van der Waals surface area contributed by atoms with E-state index in [-0.39, 0.29) is 10.9 Å². The topological polar surface area (TPSA) is 78.1 Å². The number of aromatic nitrogens is 2. The number of nitrogens with zero attached hydrogens (tertiary/aromatic N) is 2. The molecule has 0 radical (unpaired) electrons. The molecule has 0 atom stereocenters. The highest BCUT2D eigenvalue weighted by Crippen LogP contribution is 2.17. The Kier molecular flexibility index (Phi) is 4.67. The van der Waals surface area contributed by atoms with E-state index >= 15 is 0 Å². The lowest BCUT2D eigenvalue weighted by atomic mass is 10.2. The Hall–Kier alpha value is -0.920. The fourth-order valence-corrected chi connectivity index (χ4v) is 3.04. The van der Waals surface area contributed by atoms with Gasteiger partial charge in [0.1, 0.15) is 0 Å². The molecule has 0 bridgehead atoms. The van der Waals surface area contributed by atoms with Crippen molar-refractivity contribution >= 4 is 10.0 Å². The maximum atomic E-state index is 12.3. The van der Waals surface area contributed by atoms with Gasteiger partial charge in [-0.1, -0.05) is 13.8 Å². The second-order valence-corrected chi connectivity index (χ2v) is 6.42. The minimum atomic E-state index is -3.47. The summed E-state index contributed by atoms with van der Waals surface area (Å²) in [6.07, 6.45) is 1.53. The Morgan fingerprint density at radius 1 is 1.53 bits per heavy atom. The molecule has 0 aliphatic carbocycles. The minimum absolute atomic E-state index is 0.176. The summed E-state index contributed by atoms with van der Waals surface area (Å²) in [5.74, 6) is 0.283. The second kappa shape index (κ2) is 5.61. The largest absolute Gasteiger partial charge is 0.316 e. The van der Waals surface area contributed by atoms with Crippen molar-refractivity contribution in [1.82, 2.24) is 19.8 Å². The second-order valence-electron chi connectivity index (χ2n) is 4.43. The lowest BCUT2D eigenvalue weighted by Crippen LogP contribution is -2.31. The third-order valence-electron chi connectivity index (χ3n) is 2.34. The molecule has 0 spiro atoms. The standard InChI is InChI=1S/C10H20N4O2S/c1-8(2)7-14(4)17(15,16)10-9(5-11-3)6-12-13-10/h6,8,11H,5,7H2,1-4H3,(H,12,13). The zero-order valence-electron chi connectivity index (χ0n) is 10.7. The molecule has 0 unspecified atom stereocenters. The third kappa shape index (κ3) is 3.27. The number of sulfonamides is 1. The van der Waals surface area contributed by atoms with E-state index in [0.717, 1.165) is 0 Å². The molecule has 0 saturated carbocycles. The lowest BCUT2D eigenvalue weighted by molar-refractivity contribution is 0.415. The summed E-state index contributed by atoms with van der Waals surface area (Å²) in [5, 5.41) is 9.46. The van der Waals surface area contributed by atoms with Gasteiger partial charge in [-0.25, -0.2) is 8.42 Å². The summed E-state index contributed by atoms with van der Waals surface area (Å²) < 4.78 is 25.9. The third-order valence-corrected chi connectivity index (χ3v) is 4.17. The van der Waals surface area contributed by atoms with Crippen LogP contribution in [0.15, 0.2) is 11.2 Å². The van der Waals surface area contributed by atoms with Crippen LogP contribution in [0.5, 0.6) is 0 Å². The van der Waals surface area contributed by atoms with Crippen molar-refractivity contribution in [3.05, 3.63) is 11.8 Å². The van der Waals surface area contributed by atoms with Gasteiger partial charge in [0.15, 0.2) is 5.03 Å². The van der Waals surface area contributed by atoms with E-state index in [2.05, 4.69) is 15.5 Å². The number of hydrogen-bond acceptors (Lipinski definition) is 4. The van der Waals surface area contributed by atoms with E-state index in [1.165, 1.54) is 10.5 Å². The highest BCUT2D eigenvalue weighted by molar-refractivity contribution is 7.89. The Morgan fingerprint density at radius 3 is 2.71 bits per heavy atom. The molecular formula is C10H20N4O2S. The first kappa shape index (κ1) is 14.1. The maximum Gasteiger partial charge on any atom is 0.260 e. The molecule has 1 aromatic heterocycles. The van der Waals surface area contributed by atoms with Crippen molar-refractivity contribution < 1.29 is 8.42 Å². The summed E-state index contributed by atoms with van der Waals surface area (Å²) >= 11 is 0. The molecule has 98 valence electrons. The van der Waals surface area contributed by atoms with Crippen LogP contribution >= 0.6 is 0 Å². The molecule has 1 rings (SSSR count). The molecule has 1 heterocycles. The smallest absolute Gasteiger partial charge is 0.260 e. The van der Waals surface area contributed by atoms with Gasteiger partial charge >= 0.3 is 0 Å². The lowest BCUT2D eigenvalue weighted by Gasteiger charge is -2.18. The van der Waals surface area contributed by atoms with Crippen molar-refractivity contribution in [2.75, 3.05) is 20.6 Å². The molecular weight excluding hydrogens is 240 g/mol. The number of rotatable bonds is 6. The van der Waals surface area contributed by atoms with E-state index in [1.54, 1.807) is 14.1 Å². The molecule has 0 fully saturated rings. The minimum Gasteiger partial charge on any atom is -0.316 e. The fourth-order valence-electron chi connectivity index (χ4n) is 1.61. The van der Waals surface area contributed by atoms with Gasteiger partial charge in [-0.2, -0.15) is 9.40 Å². The van der Waals surface area contributed by atoms with Crippen LogP contribution in [0.25, 0.3) is 0 Å². The monoisotopic (exact) mass is 260 g/mol. The van der Waals surface area contributed by atoms with Crippen molar-refractivity contribution in [2.24, 2.45) is 5.92 Å². The van der Waals surface area contributed by atoms with E-state index in [0.29, 0.717) is 18.7 Å². The normalized spacial score (nSPS) is 12.6. The van der Waals surface area contributed by atoms with Crippen molar-refractivity contribution in [2.45, 2.75) is 25.4 Å². The molecule has 7 heteroatoms. The zero-order chi connectivity index (χ0) is 13.1. The summed E-state index contributed by atoms with van der Waals surface area (Å²) in [6, 6.07) is 0. The zero-order valence-corrected chi connectivity index (χ0v) is 11.5. The van der Waals surface area contributed by atoms with Crippen molar-refractivity contribution in [3.8, 4) is 0 Å². The summed E-state index contributed by atoms with van der Waals surface area (Å²) in [5.41, 5.74) is 0.656. The summed E-state index contributed by atoms with van der Waals surface area (Å²) in [4.78, 5) is 0. The van der Waals surface area contributed by atoms with E-state index in [1.807, 2.05) is 13.8 Å². The predicted octanol–water partition coefficient (Wildman–Crippen LogP) is 0.406. The Morgan fingerprint density at radius 2 is 2.18 bits per heavy atom. The Labute approximate surface area is 102 Å². The van der Waals surface area contributed by atoms with Crippen LogP contribution < -0.4 is 5.32 Å². The van der Waals surface area contributed by atoms with Crippen LogP contribution in [0.3, 0.4) is 0 Å². The molecule has 0 aliphatic heterocycles. The van der Waals surface area contributed by atoms with Crippen molar-refractivity contribution in [1.29, 1.82) is 0 Å². The highest BCUT2D eigenvalue weighted by Gasteiger charge is 2.25. The molecule has 1 aromatic rings. The molecule has 0 amide bonds. The first-order chi connectivity index (χ1) is 7.89. The van der Waals surface area contributed by atoms with Gasteiger partial charge in [0.25, 0.3) is 10.0 Å². The quantitative estimate of drug-likeness (QED) is 0.776. The number of hydrogen-bond donors (Lipinski definition) is 2. The number of nitrogens with one attached hydrogen (secondary N) is 2. The van der Waals surface area contributed by atoms with Gasteiger partial charge in [-0.05, 0) is 13.0 Å². The van der Waals surface area contributed by atoms with Gasteiger partial charge in [0.05, 0.1) is 6.20 Å². The maximum absolute atomic E-state index is 12.3. The molecule has 0 aromatic carbocycles. The Bertz CT molecular complexity index is 453. The van der Waals surface area contributed by atoms with Gasteiger partial charge in [0, 0.05) is 25.7 Å². The summed E-state index contributed by atoms with van der Waals surface area (Å²) in [7, 11) is -0.121. The average Bonchev–Trinajstić information content (AvgIpc) is 2.66. The van der Waals surface area contributed by atoms with Gasteiger partial charge in [-0.15, -0.1) is 0 Å².